The first-order valence-electron chi connectivity index (χ1n) is 4.21. The number of nitrogens with zero attached hydrogens (tertiary/aromatic N) is 1. The molecule has 0 aliphatic carbocycles. The minimum Gasteiger partial charge on any atom is -0.313 e. The van der Waals surface area contributed by atoms with Crippen LogP contribution in [0, 0.1) is 0 Å². The molecule has 4 heteroatoms. The topological polar surface area (TPSA) is 47.9 Å². The van der Waals surface area contributed by atoms with Crippen LogP contribution in [0.25, 0.3) is 0 Å². The van der Waals surface area contributed by atoms with Crippen LogP contribution in [-0.2, 0) is 14.6 Å². The maximum atomic E-state index is 10.6. The molecule has 0 saturated heterocycles. The minimum absolute atomic E-state index is 0.334. The van der Waals surface area contributed by atoms with E-state index in [1.807, 2.05) is 30.3 Å². The first-order chi connectivity index (χ1) is 6.73. The monoisotopic (exact) mass is 191 g/mol. The van der Waals surface area contributed by atoms with Gasteiger partial charge in [0.05, 0.1) is 0 Å². The number of benzene rings is 1. The smallest absolute Gasteiger partial charge is 0.262 e. The summed E-state index contributed by atoms with van der Waals surface area (Å²) in [6.45, 7) is 1.54. The van der Waals surface area contributed by atoms with E-state index in [-0.39, 0.29) is 0 Å². The average Bonchev–Trinajstić information content (AvgIpc) is 2.63. The Hall–Kier alpha value is -1.68. The highest BCUT2D eigenvalue weighted by Gasteiger charge is 2.34. The van der Waals surface area contributed by atoms with Gasteiger partial charge in [0.2, 0.25) is 0 Å². The molecular formula is C10H9NO3. The van der Waals surface area contributed by atoms with Crippen molar-refractivity contribution in [3.8, 4) is 0 Å². The predicted molar refractivity (Wildman–Crippen MR) is 49.6 cm³/mol. The van der Waals surface area contributed by atoms with Gasteiger partial charge >= 0.3 is 0 Å². The zero-order chi connectivity index (χ0) is 10.0. The van der Waals surface area contributed by atoms with E-state index in [1.165, 1.54) is 6.92 Å². The zero-order valence-electron chi connectivity index (χ0n) is 7.64. The van der Waals surface area contributed by atoms with Gasteiger partial charge in [-0.05, 0) is 19.1 Å². The van der Waals surface area contributed by atoms with E-state index >= 15 is 0 Å². The van der Waals surface area contributed by atoms with Gasteiger partial charge in [-0.3, -0.25) is 4.79 Å². The number of aliphatic imine (C=N–C) groups is 1. The van der Waals surface area contributed by atoms with E-state index < -0.39 is 5.72 Å². The van der Waals surface area contributed by atoms with Crippen LogP contribution in [0.2, 0.25) is 0 Å². The van der Waals surface area contributed by atoms with Crippen LogP contribution in [-0.4, -0.2) is 17.9 Å². The van der Waals surface area contributed by atoms with Crippen LogP contribution >= 0.6 is 0 Å². The molecule has 1 heterocycles. The average molecular weight is 191 g/mol. The van der Waals surface area contributed by atoms with Gasteiger partial charge in [0.15, 0.2) is 6.29 Å². The highest BCUT2D eigenvalue weighted by atomic mass is 17.2. The van der Waals surface area contributed by atoms with Crippen molar-refractivity contribution in [2.24, 2.45) is 4.99 Å². The second-order valence-electron chi connectivity index (χ2n) is 3.12. The third-order valence-electron chi connectivity index (χ3n) is 1.85. The van der Waals surface area contributed by atoms with Crippen molar-refractivity contribution in [1.29, 1.82) is 0 Å². The summed E-state index contributed by atoms with van der Waals surface area (Å²) in [7, 11) is 0. The lowest BCUT2D eigenvalue weighted by Gasteiger charge is -2.05. The molecule has 72 valence electrons. The van der Waals surface area contributed by atoms with Gasteiger partial charge in [0.25, 0.3) is 11.6 Å². The van der Waals surface area contributed by atoms with E-state index in [0.717, 1.165) is 5.56 Å². The molecule has 1 aliphatic rings. The van der Waals surface area contributed by atoms with Crippen LogP contribution in [0.4, 0.5) is 0 Å². The molecular weight excluding hydrogens is 182 g/mol. The highest BCUT2D eigenvalue weighted by molar-refractivity contribution is 5.95. The lowest BCUT2D eigenvalue weighted by molar-refractivity contribution is -0.260. The number of rotatable bonds is 2. The van der Waals surface area contributed by atoms with Gasteiger partial charge in [-0.2, -0.15) is 0 Å². The molecule has 0 fully saturated rings. The molecule has 1 aliphatic heterocycles. The van der Waals surface area contributed by atoms with Crippen molar-refractivity contribution in [1.82, 2.24) is 0 Å². The van der Waals surface area contributed by atoms with Crippen molar-refractivity contribution in [2.45, 2.75) is 12.6 Å². The predicted octanol–water partition coefficient (Wildman–Crippen LogP) is 1.31. The third kappa shape index (κ3) is 1.52. The van der Waals surface area contributed by atoms with E-state index in [2.05, 4.69) is 4.99 Å². The van der Waals surface area contributed by atoms with Crippen molar-refractivity contribution >= 4 is 12.2 Å². The molecule has 1 unspecified atom stereocenters. The summed E-state index contributed by atoms with van der Waals surface area (Å²) in [4.78, 5) is 24.3. The fourth-order valence-corrected chi connectivity index (χ4v) is 1.10. The van der Waals surface area contributed by atoms with Crippen LogP contribution < -0.4 is 0 Å². The van der Waals surface area contributed by atoms with Crippen LogP contribution in [0.5, 0.6) is 0 Å². The first kappa shape index (κ1) is 8.90. The summed E-state index contributed by atoms with van der Waals surface area (Å²) in [5.41, 5.74) is -0.413. The molecule has 1 aromatic rings. The Morgan fingerprint density at radius 2 is 2.07 bits per heavy atom. The molecule has 0 N–H and O–H groups in total. The van der Waals surface area contributed by atoms with Gasteiger partial charge in [-0.1, -0.05) is 18.2 Å². The summed E-state index contributed by atoms with van der Waals surface area (Å²) >= 11 is 0. The van der Waals surface area contributed by atoms with Gasteiger partial charge in [-0.25, -0.2) is 4.99 Å². The zero-order valence-corrected chi connectivity index (χ0v) is 7.64. The summed E-state index contributed by atoms with van der Waals surface area (Å²) in [5.74, 6) is 0.334. The normalized spacial score (nSPS) is 25.4. The van der Waals surface area contributed by atoms with Crippen LogP contribution in [0.15, 0.2) is 35.3 Å². The van der Waals surface area contributed by atoms with Crippen molar-refractivity contribution in [3.05, 3.63) is 35.9 Å². The Kier molecular flexibility index (Phi) is 2.05. The lowest BCUT2D eigenvalue weighted by Crippen LogP contribution is -2.22. The molecule has 1 aromatic carbocycles. The Morgan fingerprint density at radius 3 is 2.64 bits per heavy atom. The Balaban J connectivity index is 2.31. The molecule has 0 radical (unpaired) electrons. The van der Waals surface area contributed by atoms with Gasteiger partial charge in [0.1, 0.15) is 0 Å². The molecule has 1 atom stereocenters. The summed E-state index contributed by atoms with van der Waals surface area (Å²) < 4.78 is 0. The molecule has 0 aromatic heterocycles. The Morgan fingerprint density at radius 1 is 1.36 bits per heavy atom. The fraction of sp³-hybridized carbons (Fsp3) is 0.200. The number of carbonyl (C=O) groups excluding carboxylic acids is 1. The second kappa shape index (κ2) is 3.23. The maximum Gasteiger partial charge on any atom is 0.262 e. The quantitative estimate of drug-likeness (QED) is 0.523. The second-order valence-corrected chi connectivity index (χ2v) is 3.12. The molecule has 0 saturated carbocycles. The Bertz CT molecular complexity index is 374. The van der Waals surface area contributed by atoms with Crippen molar-refractivity contribution in [2.75, 3.05) is 0 Å². The van der Waals surface area contributed by atoms with E-state index in [4.69, 9.17) is 9.78 Å². The van der Waals surface area contributed by atoms with Gasteiger partial charge < -0.3 is 4.89 Å². The van der Waals surface area contributed by atoms with E-state index in [9.17, 15) is 4.79 Å². The molecule has 0 amide bonds. The Labute approximate surface area is 81.1 Å². The molecule has 0 bridgehead atoms. The SMILES string of the molecule is CC1(C=O)N=C(c2ccccc2)OO1. The summed E-state index contributed by atoms with van der Waals surface area (Å²) in [5, 5.41) is 0. The van der Waals surface area contributed by atoms with Crippen molar-refractivity contribution < 1.29 is 14.6 Å². The molecule has 0 spiro atoms. The largest absolute Gasteiger partial charge is 0.313 e. The summed E-state index contributed by atoms with van der Waals surface area (Å²) in [6, 6.07) is 9.27. The maximum absolute atomic E-state index is 10.6. The molecule has 14 heavy (non-hydrogen) atoms. The number of carbonyl (C=O) groups is 1. The third-order valence-corrected chi connectivity index (χ3v) is 1.85. The van der Waals surface area contributed by atoms with Gasteiger partial charge in [-0.15, -0.1) is 4.89 Å². The molecule has 2 rings (SSSR count). The van der Waals surface area contributed by atoms with Crippen LogP contribution in [0.1, 0.15) is 12.5 Å². The van der Waals surface area contributed by atoms with E-state index in [1.54, 1.807) is 0 Å². The van der Waals surface area contributed by atoms with E-state index in [0.29, 0.717) is 12.2 Å². The first-order valence-corrected chi connectivity index (χ1v) is 4.21. The fourth-order valence-electron chi connectivity index (χ4n) is 1.10. The van der Waals surface area contributed by atoms with Crippen molar-refractivity contribution in [3.63, 3.8) is 0 Å². The van der Waals surface area contributed by atoms with Crippen LogP contribution in [0.3, 0.4) is 0 Å². The lowest BCUT2D eigenvalue weighted by atomic mass is 10.2. The minimum atomic E-state index is -1.20. The van der Waals surface area contributed by atoms with Gasteiger partial charge in [0, 0.05) is 5.56 Å². The molecule has 4 nitrogen and oxygen atoms in total. The number of hydrogen-bond acceptors (Lipinski definition) is 4. The highest BCUT2D eigenvalue weighted by Crippen LogP contribution is 2.20. The summed E-state index contributed by atoms with van der Waals surface area (Å²) in [6.07, 6.45) is 0.600. The standard InChI is InChI=1S/C10H9NO3/c1-10(7-12)11-9(13-14-10)8-5-3-2-4-6-8/h2-7H,1H3. The number of hydrogen-bond donors (Lipinski definition) is 0. The number of aldehydes is 1.